The van der Waals surface area contributed by atoms with Gasteiger partial charge in [-0.15, -0.1) is 0 Å². The van der Waals surface area contributed by atoms with Gasteiger partial charge in [-0.25, -0.2) is 9.97 Å². The van der Waals surface area contributed by atoms with Gasteiger partial charge in [-0.2, -0.15) is 5.26 Å². The molecule has 0 aliphatic carbocycles. The minimum Gasteiger partial charge on any atom is -0.385 e. The molecule has 0 atom stereocenters. The first-order valence-corrected chi connectivity index (χ1v) is 9.33. The van der Waals surface area contributed by atoms with Crippen molar-refractivity contribution in [1.29, 1.82) is 5.26 Å². The molecule has 9 nitrogen and oxygen atoms in total. The fourth-order valence-corrected chi connectivity index (χ4v) is 2.96. The maximum atomic E-state index is 12.7. The topological polar surface area (TPSA) is 113 Å². The van der Waals surface area contributed by atoms with E-state index in [0.717, 1.165) is 0 Å². The second kappa shape index (κ2) is 9.15. The highest BCUT2D eigenvalue weighted by atomic mass is 16.5. The average molecular weight is 406 g/mol. The predicted molar refractivity (Wildman–Crippen MR) is 111 cm³/mol. The number of aromatic nitrogens is 3. The second-order valence-electron chi connectivity index (χ2n) is 6.85. The Labute approximate surface area is 173 Å². The zero-order valence-electron chi connectivity index (χ0n) is 17.0. The zero-order valence-corrected chi connectivity index (χ0v) is 17.0. The van der Waals surface area contributed by atoms with E-state index >= 15 is 0 Å². The Morgan fingerprint density at radius 2 is 2.07 bits per heavy atom. The quantitative estimate of drug-likeness (QED) is 0.602. The van der Waals surface area contributed by atoms with Crippen LogP contribution in [-0.2, 0) is 11.3 Å². The summed E-state index contributed by atoms with van der Waals surface area (Å²) in [5.74, 6) is -0.257. The van der Waals surface area contributed by atoms with E-state index in [1.807, 2.05) is 6.07 Å². The summed E-state index contributed by atoms with van der Waals surface area (Å²) in [6.07, 6.45) is 2.19. The highest BCUT2D eigenvalue weighted by Gasteiger charge is 2.18. The van der Waals surface area contributed by atoms with Crippen LogP contribution in [-0.4, -0.2) is 59.1 Å². The van der Waals surface area contributed by atoms with Crippen molar-refractivity contribution in [3.8, 4) is 6.07 Å². The van der Waals surface area contributed by atoms with Gasteiger partial charge >= 0.3 is 0 Å². The van der Waals surface area contributed by atoms with Gasteiger partial charge in [0.1, 0.15) is 5.52 Å². The molecular weight excluding hydrogens is 384 g/mol. The van der Waals surface area contributed by atoms with Crippen LogP contribution >= 0.6 is 0 Å². The molecule has 0 spiro atoms. The molecule has 1 aromatic carbocycles. The number of imidazole rings is 1. The van der Waals surface area contributed by atoms with Crippen molar-refractivity contribution in [1.82, 2.24) is 19.4 Å². The summed E-state index contributed by atoms with van der Waals surface area (Å²) in [4.78, 5) is 35.3. The van der Waals surface area contributed by atoms with Gasteiger partial charge in [0.15, 0.2) is 5.65 Å². The van der Waals surface area contributed by atoms with Crippen LogP contribution in [0.5, 0.6) is 0 Å². The lowest BCUT2D eigenvalue weighted by molar-refractivity contribution is 0.0827. The predicted octanol–water partition coefficient (Wildman–Crippen LogP) is 2.29. The molecule has 0 radical (unpaired) electrons. The van der Waals surface area contributed by atoms with Gasteiger partial charge < -0.3 is 9.64 Å². The molecule has 2 heterocycles. The lowest BCUT2D eigenvalue weighted by Gasteiger charge is -2.10. The Balaban J connectivity index is 1.98. The number of carbonyl (C=O) groups is 2. The number of carbonyl (C=O) groups excluding carboxylic acids is 2. The van der Waals surface area contributed by atoms with E-state index in [9.17, 15) is 9.59 Å². The van der Waals surface area contributed by atoms with Crippen LogP contribution in [0.15, 0.2) is 36.5 Å². The van der Waals surface area contributed by atoms with Gasteiger partial charge in [-0.3, -0.25) is 19.5 Å². The Morgan fingerprint density at radius 1 is 1.27 bits per heavy atom. The number of benzene rings is 1. The molecule has 3 aromatic rings. The van der Waals surface area contributed by atoms with Crippen molar-refractivity contribution < 1.29 is 14.3 Å². The Kier molecular flexibility index (Phi) is 6.39. The second-order valence-corrected chi connectivity index (χ2v) is 6.85. The van der Waals surface area contributed by atoms with Crippen molar-refractivity contribution in [2.24, 2.45) is 0 Å². The van der Waals surface area contributed by atoms with Crippen molar-refractivity contribution in [3.63, 3.8) is 0 Å². The number of amides is 2. The summed E-state index contributed by atoms with van der Waals surface area (Å²) < 4.78 is 6.90. The van der Waals surface area contributed by atoms with Crippen LogP contribution in [0.2, 0.25) is 0 Å². The van der Waals surface area contributed by atoms with Gasteiger partial charge in [-0.1, -0.05) is 6.07 Å². The molecule has 2 aromatic heterocycles. The molecule has 0 unspecified atom stereocenters. The van der Waals surface area contributed by atoms with E-state index in [-0.39, 0.29) is 11.8 Å². The minimum absolute atomic E-state index is 0.183. The lowest BCUT2D eigenvalue weighted by Crippen LogP contribution is -2.21. The van der Waals surface area contributed by atoms with Crippen LogP contribution in [0.1, 0.15) is 32.7 Å². The Bertz CT molecular complexity index is 1130. The smallest absolute Gasteiger partial charge is 0.258 e. The van der Waals surface area contributed by atoms with Crippen LogP contribution < -0.4 is 5.32 Å². The number of methoxy groups -OCH3 is 1. The minimum atomic E-state index is -0.389. The Hall–Kier alpha value is -3.77. The highest BCUT2D eigenvalue weighted by molar-refractivity contribution is 6.04. The Morgan fingerprint density at radius 3 is 2.77 bits per heavy atom. The van der Waals surface area contributed by atoms with Gasteiger partial charge in [0.05, 0.1) is 17.2 Å². The molecule has 1 N–H and O–H groups in total. The maximum absolute atomic E-state index is 12.7. The summed E-state index contributed by atoms with van der Waals surface area (Å²) in [5, 5.41) is 11.8. The lowest BCUT2D eigenvalue weighted by atomic mass is 10.1. The summed E-state index contributed by atoms with van der Waals surface area (Å²) >= 11 is 0. The summed E-state index contributed by atoms with van der Waals surface area (Å²) in [6.45, 7) is 1.06. The number of hydrogen-bond donors (Lipinski definition) is 1. The van der Waals surface area contributed by atoms with Crippen molar-refractivity contribution in [3.05, 3.63) is 53.2 Å². The summed E-state index contributed by atoms with van der Waals surface area (Å²) in [6, 6.07) is 10.1. The van der Waals surface area contributed by atoms with Crippen molar-refractivity contribution in [2.45, 2.75) is 13.0 Å². The molecule has 3 rings (SSSR count). The first kappa shape index (κ1) is 21.0. The fraction of sp³-hybridized carbons (Fsp3) is 0.286. The number of fused-ring (bicyclic) bond motifs is 1. The fourth-order valence-electron chi connectivity index (χ4n) is 2.96. The number of anilines is 1. The number of nitrogens with one attached hydrogen (secondary N) is 1. The van der Waals surface area contributed by atoms with Crippen molar-refractivity contribution in [2.75, 3.05) is 33.1 Å². The molecular formula is C21H22N6O3. The largest absolute Gasteiger partial charge is 0.385 e. The first-order chi connectivity index (χ1) is 14.4. The van der Waals surface area contributed by atoms with Gasteiger partial charge in [0, 0.05) is 46.1 Å². The number of hydrogen-bond acceptors (Lipinski definition) is 6. The summed E-state index contributed by atoms with van der Waals surface area (Å²) in [7, 11) is 4.95. The average Bonchev–Trinajstić information content (AvgIpc) is 3.09. The number of ether oxygens (including phenoxy) is 1. The number of rotatable bonds is 7. The zero-order chi connectivity index (χ0) is 21.7. The molecule has 0 bridgehead atoms. The first-order valence-electron chi connectivity index (χ1n) is 9.33. The van der Waals surface area contributed by atoms with Crippen LogP contribution in [0, 0.1) is 11.3 Å². The molecule has 0 saturated heterocycles. The van der Waals surface area contributed by atoms with E-state index in [1.165, 1.54) is 17.2 Å². The van der Waals surface area contributed by atoms with E-state index < -0.39 is 0 Å². The van der Waals surface area contributed by atoms with Crippen LogP contribution in [0.4, 0.5) is 5.95 Å². The standard InChI is InChI=1S/C21H22N6O3/c1-26(2)20(29)16-11-17-18(23-13-16)27(8-5-9-30-3)21(24-17)25-19(28)15-7-4-6-14(10-15)12-22/h4,6-7,10-11,13H,5,8-9H2,1-3H3,(H,24,25,28). The number of nitrogens with zero attached hydrogens (tertiary/aromatic N) is 5. The third kappa shape index (κ3) is 4.45. The molecule has 0 aliphatic rings. The van der Waals surface area contributed by atoms with E-state index in [2.05, 4.69) is 15.3 Å². The molecule has 154 valence electrons. The monoisotopic (exact) mass is 406 g/mol. The van der Waals surface area contributed by atoms with Gasteiger partial charge in [0.25, 0.3) is 11.8 Å². The molecule has 0 fully saturated rings. The van der Waals surface area contributed by atoms with E-state index in [1.54, 1.807) is 50.0 Å². The SMILES string of the molecule is COCCCn1c(NC(=O)c2cccc(C#N)c2)nc2cc(C(=O)N(C)C)cnc21. The number of aryl methyl sites for hydroxylation is 1. The van der Waals surface area contributed by atoms with Gasteiger partial charge in [0.2, 0.25) is 5.95 Å². The van der Waals surface area contributed by atoms with Gasteiger partial charge in [-0.05, 0) is 30.7 Å². The molecule has 2 amide bonds. The number of nitriles is 1. The number of pyridine rings is 1. The molecule has 0 saturated carbocycles. The van der Waals surface area contributed by atoms with E-state index in [0.29, 0.717) is 53.4 Å². The maximum Gasteiger partial charge on any atom is 0.258 e. The van der Waals surface area contributed by atoms with E-state index in [4.69, 9.17) is 10.00 Å². The summed E-state index contributed by atoms with van der Waals surface area (Å²) in [5.41, 5.74) is 2.21. The van der Waals surface area contributed by atoms with Crippen LogP contribution in [0.25, 0.3) is 11.2 Å². The molecule has 0 aliphatic heterocycles. The van der Waals surface area contributed by atoms with Crippen LogP contribution in [0.3, 0.4) is 0 Å². The van der Waals surface area contributed by atoms with Crippen molar-refractivity contribution >= 4 is 28.9 Å². The third-order valence-electron chi connectivity index (χ3n) is 4.45. The molecule has 30 heavy (non-hydrogen) atoms. The highest BCUT2D eigenvalue weighted by Crippen LogP contribution is 2.21. The third-order valence-corrected chi connectivity index (χ3v) is 4.45. The normalized spacial score (nSPS) is 10.6. The molecule has 9 heteroatoms.